The molecular formula is C10H10O3. The first-order valence-electron chi connectivity index (χ1n) is 3.96. The Bertz CT molecular complexity index is 279. The molecule has 13 heavy (non-hydrogen) atoms. The van der Waals surface area contributed by atoms with Crippen molar-refractivity contribution in [2.45, 2.75) is 6.42 Å². The van der Waals surface area contributed by atoms with E-state index in [-0.39, 0.29) is 19.0 Å². The standard InChI is InChI=1S/C10H10O3/c11-6-7-13-10(12)8-9-4-2-1-3-5-9/h1-6H,7-8H2. The van der Waals surface area contributed by atoms with E-state index in [1.54, 1.807) is 0 Å². The summed E-state index contributed by atoms with van der Waals surface area (Å²) in [7, 11) is 0. The Hall–Kier alpha value is -1.64. The highest BCUT2D eigenvalue weighted by Crippen LogP contribution is 2.00. The zero-order chi connectivity index (χ0) is 9.52. The smallest absolute Gasteiger partial charge is 0.310 e. The fraction of sp³-hybridized carbons (Fsp3) is 0.200. The van der Waals surface area contributed by atoms with Crippen molar-refractivity contribution >= 4 is 12.3 Å². The van der Waals surface area contributed by atoms with E-state index in [1.165, 1.54) is 0 Å². The number of carbonyl (C=O) groups excluding carboxylic acids is 2. The van der Waals surface area contributed by atoms with E-state index >= 15 is 0 Å². The van der Waals surface area contributed by atoms with Gasteiger partial charge in [0.05, 0.1) is 6.42 Å². The summed E-state index contributed by atoms with van der Waals surface area (Å²) >= 11 is 0. The molecule has 0 amide bonds. The van der Waals surface area contributed by atoms with Crippen molar-refractivity contribution in [1.29, 1.82) is 0 Å². The molecule has 0 aliphatic heterocycles. The van der Waals surface area contributed by atoms with Crippen LogP contribution in [0.2, 0.25) is 0 Å². The Labute approximate surface area is 76.3 Å². The quantitative estimate of drug-likeness (QED) is 0.509. The molecule has 0 aliphatic carbocycles. The van der Waals surface area contributed by atoms with Gasteiger partial charge in [-0.25, -0.2) is 0 Å². The highest BCUT2D eigenvalue weighted by Gasteiger charge is 2.02. The van der Waals surface area contributed by atoms with Crippen LogP contribution in [0, 0.1) is 0 Å². The van der Waals surface area contributed by atoms with Crippen molar-refractivity contribution in [1.82, 2.24) is 0 Å². The van der Waals surface area contributed by atoms with Crippen molar-refractivity contribution < 1.29 is 14.3 Å². The molecule has 0 aliphatic rings. The number of rotatable bonds is 4. The fourth-order valence-electron chi connectivity index (χ4n) is 0.941. The summed E-state index contributed by atoms with van der Waals surface area (Å²) in [4.78, 5) is 20.9. The van der Waals surface area contributed by atoms with Crippen LogP contribution in [0.15, 0.2) is 30.3 Å². The Morgan fingerprint density at radius 2 is 2.00 bits per heavy atom. The average Bonchev–Trinajstić information content (AvgIpc) is 2.16. The number of carbonyl (C=O) groups is 2. The molecule has 1 rings (SSSR count). The van der Waals surface area contributed by atoms with E-state index in [0.717, 1.165) is 5.56 Å². The monoisotopic (exact) mass is 178 g/mol. The fourth-order valence-corrected chi connectivity index (χ4v) is 0.941. The maximum absolute atomic E-state index is 11.0. The molecule has 0 atom stereocenters. The van der Waals surface area contributed by atoms with Crippen molar-refractivity contribution in [3.63, 3.8) is 0 Å². The van der Waals surface area contributed by atoms with E-state index in [9.17, 15) is 9.59 Å². The molecule has 0 bridgehead atoms. The topological polar surface area (TPSA) is 43.4 Å². The molecule has 1 aromatic carbocycles. The van der Waals surface area contributed by atoms with Gasteiger partial charge in [0.25, 0.3) is 0 Å². The second-order valence-electron chi connectivity index (χ2n) is 2.51. The van der Waals surface area contributed by atoms with Gasteiger partial charge in [0, 0.05) is 0 Å². The van der Waals surface area contributed by atoms with E-state index in [1.807, 2.05) is 30.3 Å². The van der Waals surface area contributed by atoms with Crippen molar-refractivity contribution in [3.8, 4) is 0 Å². The minimum Gasteiger partial charge on any atom is -0.458 e. The van der Waals surface area contributed by atoms with Crippen molar-refractivity contribution in [3.05, 3.63) is 35.9 Å². The summed E-state index contributed by atoms with van der Waals surface area (Å²) in [6.07, 6.45) is 0.775. The summed E-state index contributed by atoms with van der Waals surface area (Å²) in [5.41, 5.74) is 0.887. The third-order valence-electron chi connectivity index (χ3n) is 1.50. The predicted octanol–water partition coefficient (Wildman–Crippen LogP) is 0.971. The molecule has 0 saturated heterocycles. The molecule has 1 aromatic rings. The lowest BCUT2D eigenvalue weighted by atomic mass is 10.2. The summed E-state index contributed by atoms with van der Waals surface area (Å²) in [5, 5.41) is 0. The highest BCUT2D eigenvalue weighted by molar-refractivity contribution is 5.74. The Morgan fingerprint density at radius 3 is 2.62 bits per heavy atom. The van der Waals surface area contributed by atoms with E-state index < -0.39 is 0 Å². The van der Waals surface area contributed by atoms with E-state index in [2.05, 4.69) is 4.74 Å². The number of hydrogen-bond donors (Lipinski definition) is 0. The second kappa shape index (κ2) is 5.09. The lowest BCUT2D eigenvalue weighted by Gasteiger charge is -2.00. The molecule has 0 spiro atoms. The minimum absolute atomic E-state index is 0.161. The van der Waals surface area contributed by atoms with Gasteiger partial charge in [0.1, 0.15) is 6.61 Å². The van der Waals surface area contributed by atoms with E-state index in [0.29, 0.717) is 6.29 Å². The van der Waals surface area contributed by atoms with Gasteiger partial charge in [-0.3, -0.25) is 9.59 Å². The number of benzene rings is 1. The van der Waals surface area contributed by atoms with Gasteiger partial charge in [0.15, 0.2) is 6.29 Å². The molecule has 0 saturated carbocycles. The third-order valence-corrected chi connectivity index (χ3v) is 1.50. The molecule has 0 heterocycles. The summed E-state index contributed by atoms with van der Waals surface area (Å²) in [6, 6.07) is 9.25. The second-order valence-corrected chi connectivity index (χ2v) is 2.51. The van der Waals surface area contributed by atoms with E-state index in [4.69, 9.17) is 0 Å². The van der Waals surface area contributed by atoms with Gasteiger partial charge in [0.2, 0.25) is 0 Å². The zero-order valence-corrected chi connectivity index (χ0v) is 7.10. The first kappa shape index (κ1) is 9.45. The summed E-state index contributed by atoms with van der Waals surface area (Å²) in [6.45, 7) is -0.161. The molecule has 0 aromatic heterocycles. The molecular weight excluding hydrogens is 168 g/mol. The average molecular weight is 178 g/mol. The van der Waals surface area contributed by atoms with Crippen LogP contribution in [0.4, 0.5) is 0 Å². The molecule has 3 heteroatoms. The van der Waals surface area contributed by atoms with Crippen molar-refractivity contribution in [2.75, 3.05) is 6.61 Å². The Kier molecular flexibility index (Phi) is 3.70. The molecule has 0 fully saturated rings. The normalized spacial score (nSPS) is 9.23. The maximum Gasteiger partial charge on any atom is 0.310 e. The minimum atomic E-state index is -0.377. The molecule has 3 nitrogen and oxygen atoms in total. The van der Waals surface area contributed by atoms with Gasteiger partial charge >= 0.3 is 5.97 Å². The van der Waals surface area contributed by atoms with Crippen LogP contribution in [-0.4, -0.2) is 18.9 Å². The van der Waals surface area contributed by atoms with Crippen LogP contribution in [0.1, 0.15) is 5.56 Å². The number of ether oxygens (including phenoxy) is 1. The van der Waals surface area contributed by atoms with Crippen LogP contribution in [0.3, 0.4) is 0 Å². The summed E-state index contributed by atoms with van der Waals surface area (Å²) in [5.74, 6) is -0.377. The SMILES string of the molecule is O=CCOC(=O)Cc1ccccc1. The number of aldehydes is 1. The van der Waals surface area contributed by atoms with Gasteiger partial charge in [-0.15, -0.1) is 0 Å². The van der Waals surface area contributed by atoms with Crippen LogP contribution >= 0.6 is 0 Å². The number of esters is 1. The summed E-state index contributed by atoms with van der Waals surface area (Å²) < 4.78 is 4.59. The Balaban J connectivity index is 2.41. The first-order chi connectivity index (χ1) is 6.33. The highest BCUT2D eigenvalue weighted by atomic mass is 16.5. The molecule has 68 valence electrons. The molecule has 0 radical (unpaired) electrons. The molecule has 0 N–H and O–H groups in total. The van der Waals surface area contributed by atoms with Crippen LogP contribution < -0.4 is 0 Å². The lowest BCUT2D eigenvalue weighted by Crippen LogP contribution is -2.09. The first-order valence-corrected chi connectivity index (χ1v) is 3.96. The van der Waals surface area contributed by atoms with Crippen molar-refractivity contribution in [2.24, 2.45) is 0 Å². The number of hydrogen-bond acceptors (Lipinski definition) is 3. The van der Waals surface area contributed by atoms with Gasteiger partial charge in [-0.1, -0.05) is 30.3 Å². The predicted molar refractivity (Wildman–Crippen MR) is 47.2 cm³/mol. The van der Waals surface area contributed by atoms with Crippen LogP contribution in [0.5, 0.6) is 0 Å². The zero-order valence-electron chi connectivity index (χ0n) is 7.10. The molecule has 0 unspecified atom stereocenters. The van der Waals surface area contributed by atoms with Crippen LogP contribution in [0.25, 0.3) is 0 Å². The maximum atomic E-state index is 11.0. The lowest BCUT2D eigenvalue weighted by molar-refractivity contribution is -0.144. The third kappa shape index (κ3) is 3.51. The van der Waals surface area contributed by atoms with Gasteiger partial charge < -0.3 is 4.74 Å². The van der Waals surface area contributed by atoms with Gasteiger partial charge in [-0.05, 0) is 5.56 Å². The van der Waals surface area contributed by atoms with Crippen LogP contribution in [-0.2, 0) is 20.7 Å². The largest absolute Gasteiger partial charge is 0.458 e. The Morgan fingerprint density at radius 1 is 1.31 bits per heavy atom. The van der Waals surface area contributed by atoms with Gasteiger partial charge in [-0.2, -0.15) is 0 Å².